The van der Waals surface area contributed by atoms with Gasteiger partial charge in [-0.1, -0.05) is 6.42 Å². The van der Waals surface area contributed by atoms with Crippen LogP contribution in [-0.4, -0.2) is 19.1 Å². The number of carbonyl (C=O) groups excluding carboxylic acids is 1. The molecular formula is C15H20F3NO2. The van der Waals surface area contributed by atoms with Gasteiger partial charge in [-0.3, -0.25) is 4.79 Å². The van der Waals surface area contributed by atoms with E-state index in [1.165, 1.54) is 12.1 Å². The van der Waals surface area contributed by atoms with Gasteiger partial charge in [-0.05, 0) is 44.0 Å². The van der Waals surface area contributed by atoms with Gasteiger partial charge < -0.3 is 10.1 Å². The molecule has 1 rings (SSSR count). The van der Waals surface area contributed by atoms with E-state index in [-0.39, 0.29) is 5.97 Å². The van der Waals surface area contributed by atoms with Gasteiger partial charge in [0.2, 0.25) is 0 Å². The summed E-state index contributed by atoms with van der Waals surface area (Å²) >= 11 is 0. The third-order valence-electron chi connectivity index (χ3n) is 2.90. The van der Waals surface area contributed by atoms with E-state index in [9.17, 15) is 18.0 Å². The molecule has 0 saturated heterocycles. The van der Waals surface area contributed by atoms with E-state index in [0.29, 0.717) is 25.3 Å². The zero-order valence-corrected chi connectivity index (χ0v) is 12.0. The molecule has 1 N–H and O–H groups in total. The van der Waals surface area contributed by atoms with E-state index in [2.05, 4.69) is 5.32 Å². The number of halogens is 3. The zero-order chi connectivity index (χ0) is 15.7. The first-order valence-electron chi connectivity index (χ1n) is 7.00. The van der Waals surface area contributed by atoms with E-state index >= 15 is 0 Å². The number of benzene rings is 1. The Morgan fingerprint density at radius 3 is 2.38 bits per heavy atom. The number of ether oxygens (including phenoxy) is 1. The molecule has 1 aromatic carbocycles. The van der Waals surface area contributed by atoms with E-state index in [1.807, 2.05) is 0 Å². The lowest BCUT2D eigenvalue weighted by atomic mass is 10.2. The Morgan fingerprint density at radius 2 is 1.81 bits per heavy atom. The highest BCUT2D eigenvalue weighted by Crippen LogP contribution is 2.29. The molecule has 0 aromatic heterocycles. The number of unbranched alkanes of at least 4 members (excludes halogenated alkanes) is 2. The maximum Gasteiger partial charge on any atom is 0.416 e. The predicted octanol–water partition coefficient (Wildman–Crippen LogP) is 4.24. The van der Waals surface area contributed by atoms with Crippen LogP contribution < -0.4 is 5.32 Å². The van der Waals surface area contributed by atoms with Gasteiger partial charge in [-0.15, -0.1) is 0 Å². The van der Waals surface area contributed by atoms with Crippen LogP contribution in [0, 0.1) is 0 Å². The molecule has 0 saturated carbocycles. The van der Waals surface area contributed by atoms with E-state index in [4.69, 9.17) is 4.74 Å². The van der Waals surface area contributed by atoms with Gasteiger partial charge in [0.05, 0.1) is 12.2 Å². The van der Waals surface area contributed by atoms with Crippen LogP contribution >= 0.6 is 0 Å². The number of alkyl halides is 3. The monoisotopic (exact) mass is 303 g/mol. The van der Waals surface area contributed by atoms with Crippen molar-refractivity contribution in [2.24, 2.45) is 0 Å². The molecular weight excluding hydrogens is 283 g/mol. The van der Waals surface area contributed by atoms with Crippen molar-refractivity contribution in [3.63, 3.8) is 0 Å². The second-order valence-electron chi connectivity index (χ2n) is 4.62. The fourth-order valence-electron chi connectivity index (χ4n) is 1.81. The number of anilines is 1. The van der Waals surface area contributed by atoms with E-state index < -0.39 is 11.7 Å². The zero-order valence-electron chi connectivity index (χ0n) is 12.0. The summed E-state index contributed by atoms with van der Waals surface area (Å²) in [7, 11) is 0. The largest absolute Gasteiger partial charge is 0.466 e. The quantitative estimate of drug-likeness (QED) is 0.576. The Balaban J connectivity index is 2.17. The topological polar surface area (TPSA) is 38.3 Å². The molecule has 0 aliphatic rings. The van der Waals surface area contributed by atoms with Crippen molar-refractivity contribution >= 4 is 11.7 Å². The molecule has 0 fully saturated rings. The van der Waals surface area contributed by atoms with Gasteiger partial charge in [0, 0.05) is 18.7 Å². The Morgan fingerprint density at radius 1 is 1.14 bits per heavy atom. The molecule has 3 nitrogen and oxygen atoms in total. The molecule has 6 heteroatoms. The first-order chi connectivity index (χ1) is 9.93. The second kappa shape index (κ2) is 8.54. The van der Waals surface area contributed by atoms with Crippen LogP contribution in [0.25, 0.3) is 0 Å². The Labute approximate surface area is 122 Å². The molecule has 0 aliphatic heterocycles. The minimum Gasteiger partial charge on any atom is -0.466 e. The third kappa shape index (κ3) is 7.02. The van der Waals surface area contributed by atoms with Gasteiger partial charge in [0.15, 0.2) is 0 Å². The van der Waals surface area contributed by atoms with Gasteiger partial charge in [0.25, 0.3) is 0 Å². The van der Waals surface area contributed by atoms with E-state index in [0.717, 1.165) is 31.4 Å². The summed E-state index contributed by atoms with van der Waals surface area (Å²) in [6.07, 6.45) is -1.42. The number of hydrogen-bond donors (Lipinski definition) is 1. The van der Waals surface area contributed by atoms with Crippen molar-refractivity contribution in [3.8, 4) is 0 Å². The summed E-state index contributed by atoms with van der Waals surface area (Å²) < 4.78 is 41.9. The number of hydrogen-bond acceptors (Lipinski definition) is 3. The van der Waals surface area contributed by atoms with Crippen LogP contribution in [0.5, 0.6) is 0 Å². The van der Waals surface area contributed by atoms with Crippen molar-refractivity contribution in [2.75, 3.05) is 18.5 Å². The fraction of sp³-hybridized carbons (Fsp3) is 0.533. The molecule has 0 spiro atoms. The molecule has 0 amide bonds. The summed E-state index contributed by atoms with van der Waals surface area (Å²) in [5.41, 5.74) is 0.0101. The highest BCUT2D eigenvalue weighted by Gasteiger charge is 2.29. The molecule has 0 bridgehead atoms. The molecule has 21 heavy (non-hydrogen) atoms. The van der Waals surface area contributed by atoms with Gasteiger partial charge >= 0.3 is 12.1 Å². The summed E-state index contributed by atoms with van der Waals surface area (Å²) in [6.45, 7) is 2.83. The lowest BCUT2D eigenvalue weighted by Crippen LogP contribution is -2.06. The number of nitrogens with one attached hydrogen (secondary N) is 1. The van der Waals surface area contributed by atoms with Crippen molar-refractivity contribution in [2.45, 2.75) is 38.8 Å². The highest BCUT2D eigenvalue weighted by molar-refractivity contribution is 5.69. The Kier molecular flexibility index (Phi) is 7.05. The summed E-state index contributed by atoms with van der Waals surface area (Å²) in [5, 5.41) is 3.05. The molecule has 0 unspecified atom stereocenters. The van der Waals surface area contributed by atoms with Gasteiger partial charge in [-0.2, -0.15) is 13.2 Å². The van der Waals surface area contributed by atoms with Gasteiger partial charge in [0.1, 0.15) is 0 Å². The second-order valence-corrected chi connectivity index (χ2v) is 4.62. The number of rotatable bonds is 8. The van der Waals surface area contributed by atoms with Crippen LogP contribution in [0.3, 0.4) is 0 Å². The van der Waals surface area contributed by atoms with Crippen LogP contribution in [0.15, 0.2) is 24.3 Å². The number of carbonyl (C=O) groups is 1. The molecule has 118 valence electrons. The summed E-state index contributed by atoms with van der Waals surface area (Å²) in [5.74, 6) is -0.187. The third-order valence-corrected chi connectivity index (χ3v) is 2.90. The van der Waals surface area contributed by atoms with Crippen molar-refractivity contribution in [1.29, 1.82) is 0 Å². The summed E-state index contributed by atoms with van der Waals surface area (Å²) in [6, 6.07) is 4.95. The van der Waals surface area contributed by atoms with Gasteiger partial charge in [-0.25, -0.2) is 0 Å². The van der Waals surface area contributed by atoms with Crippen LogP contribution in [0.2, 0.25) is 0 Å². The molecule has 0 atom stereocenters. The Bertz CT molecular complexity index is 430. The lowest BCUT2D eigenvalue weighted by molar-refractivity contribution is -0.143. The smallest absolute Gasteiger partial charge is 0.416 e. The standard InChI is InChI=1S/C15H20F3NO2/c1-2-21-14(20)6-4-3-5-11-19-13-9-7-12(8-10-13)15(16,17)18/h7-10,19H,2-6,11H2,1H3. The maximum absolute atomic E-state index is 12.4. The van der Waals surface area contributed by atoms with Crippen molar-refractivity contribution < 1.29 is 22.7 Å². The fourth-order valence-corrected chi connectivity index (χ4v) is 1.81. The predicted molar refractivity (Wildman–Crippen MR) is 75.0 cm³/mol. The molecule has 0 heterocycles. The summed E-state index contributed by atoms with van der Waals surface area (Å²) in [4.78, 5) is 11.1. The van der Waals surface area contributed by atoms with Crippen LogP contribution in [-0.2, 0) is 15.7 Å². The Hall–Kier alpha value is -1.72. The van der Waals surface area contributed by atoms with Crippen molar-refractivity contribution in [1.82, 2.24) is 0 Å². The molecule has 0 radical (unpaired) electrons. The average molecular weight is 303 g/mol. The lowest BCUT2D eigenvalue weighted by Gasteiger charge is -2.09. The van der Waals surface area contributed by atoms with Crippen molar-refractivity contribution in [3.05, 3.63) is 29.8 Å². The average Bonchev–Trinajstić information content (AvgIpc) is 2.42. The van der Waals surface area contributed by atoms with Crippen LogP contribution in [0.1, 0.15) is 38.2 Å². The highest BCUT2D eigenvalue weighted by atomic mass is 19.4. The SMILES string of the molecule is CCOC(=O)CCCCCNc1ccc(C(F)(F)F)cc1. The van der Waals surface area contributed by atoms with Crippen LogP contribution in [0.4, 0.5) is 18.9 Å². The first-order valence-corrected chi connectivity index (χ1v) is 7.00. The van der Waals surface area contributed by atoms with E-state index in [1.54, 1.807) is 6.92 Å². The number of esters is 1. The molecule has 0 aliphatic carbocycles. The first kappa shape index (κ1) is 17.3. The maximum atomic E-state index is 12.4. The minimum absolute atomic E-state index is 0.187. The minimum atomic E-state index is -4.30. The molecule has 1 aromatic rings. The normalized spacial score (nSPS) is 11.2.